The monoisotopic (exact) mass is 287 g/mol. The average molecular weight is 287 g/mol. The van der Waals surface area contributed by atoms with Gasteiger partial charge in [0.1, 0.15) is 12.6 Å². The lowest BCUT2D eigenvalue weighted by atomic mass is 10.1. The summed E-state index contributed by atoms with van der Waals surface area (Å²) >= 11 is 0. The topological polar surface area (TPSA) is 58.4 Å². The van der Waals surface area contributed by atoms with Gasteiger partial charge in [-0.2, -0.15) is 13.2 Å². The molecule has 0 aromatic heterocycles. The van der Waals surface area contributed by atoms with E-state index in [1.165, 1.54) is 4.90 Å². The van der Waals surface area contributed by atoms with Gasteiger partial charge in [0.15, 0.2) is 0 Å². The molecule has 0 saturated heterocycles. The van der Waals surface area contributed by atoms with Crippen LogP contribution in [0.25, 0.3) is 0 Å². The maximum absolute atomic E-state index is 12.6. The van der Waals surface area contributed by atoms with Gasteiger partial charge in [0.2, 0.25) is 5.91 Å². The van der Waals surface area contributed by atoms with Gasteiger partial charge in [-0.1, -0.05) is 13.0 Å². The summed E-state index contributed by atoms with van der Waals surface area (Å²) in [4.78, 5) is 12.7. The third-order valence-electron chi connectivity index (χ3n) is 3.14. The van der Waals surface area contributed by atoms with Gasteiger partial charge in [-0.25, -0.2) is 0 Å². The minimum absolute atomic E-state index is 0.290. The molecule has 1 aromatic carbocycles. The lowest BCUT2D eigenvalue weighted by molar-refractivity contribution is -0.120. The number of carbonyl (C=O) groups is 1. The van der Waals surface area contributed by atoms with Crippen molar-refractivity contribution in [3.8, 4) is 0 Å². The van der Waals surface area contributed by atoms with Crippen LogP contribution in [0.5, 0.6) is 0 Å². The molecular weight excluding hydrogens is 271 g/mol. The molecule has 0 saturated carbocycles. The first-order valence-corrected chi connectivity index (χ1v) is 6.34. The highest BCUT2D eigenvalue weighted by atomic mass is 19.4. The number of nitrogens with zero attached hydrogens (tertiary/aromatic N) is 1. The summed E-state index contributed by atoms with van der Waals surface area (Å²) in [7, 11) is 0. The molecule has 1 aliphatic rings. The van der Waals surface area contributed by atoms with Crippen LogP contribution in [0.3, 0.4) is 0 Å². The number of halogens is 3. The summed E-state index contributed by atoms with van der Waals surface area (Å²) in [5.41, 5.74) is 7.20. The zero-order valence-corrected chi connectivity index (χ0v) is 11.0. The van der Waals surface area contributed by atoms with Crippen LogP contribution in [0.15, 0.2) is 18.2 Å². The summed E-state index contributed by atoms with van der Waals surface area (Å²) < 4.78 is 37.7. The fraction of sp³-hybridized carbons (Fsp3) is 0.462. The molecule has 20 heavy (non-hydrogen) atoms. The van der Waals surface area contributed by atoms with Crippen molar-refractivity contribution in [2.75, 3.05) is 23.3 Å². The van der Waals surface area contributed by atoms with Crippen LogP contribution in [-0.4, -0.2) is 25.2 Å². The Labute approximate surface area is 114 Å². The highest BCUT2D eigenvalue weighted by Gasteiger charge is 2.32. The van der Waals surface area contributed by atoms with Gasteiger partial charge >= 0.3 is 6.18 Å². The minimum Gasteiger partial charge on any atom is -0.363 e. The van der Waals surface area contributed by atoms with Crippen molar-refractivity contribution in [3.05, 3.63) is 23.8 Å². The Morgan fingerprint density at radius 3 is 2.70 bits per heavy atom. The number of hydrogen-bond donors (Lipinski definition) is 2. The van der Waals surface area contributed by atoms with Crippen molar-refractivity contribution < 1.29 is 18.0 Å². The quantitative estimate of drug-likeness (QED) is 0.894. The van der Waals surface area contributed by atoms with E-state index >= 15 is 0 Å². The normalized spacial score (nSPS) is 17.9. The fourth-order valence-electron chi connectivity index (χ4n) is 2.26. The summed E-state index contributed by atoms with van der Waals surface area (Å²) in [6.07, 6.45) is -3.67. The summed E-state index contributed by atoms with van der Waals surface area (Å²) in [6.45, 7) is 1.09. The number of anilines is 2. The van der Waals surface area contributed by atoms with E-state index < -0.39 is 18.8 Å². The van der Waals surface area contributed by atoms with Gasteiger partial charge in [0, 0.05) is 23.5 Å². The van der Waals surface area contributed by atoms with Crippen LogP contribution < -0.4 is 16.0 Å². The molecule has 1 aliphatic heterocycles. The van der Waals surface area contributed by atoms with Crippen LogP contribution in [-0.2, 0) is 4.79 Å². The number of alkyl halides is 3. The average Bonchev–Trinajstić information content (AvgIpc) is 2.62. The predicted octanol–water partition coefficient (Wildman–Crippen LogP) is 2.42. The van der Waals surface area contributed by atoms with Crippen molar-refractivity contribution in [2.24, 2.45) is 5.73 Å². The van der Waals surface area contributed by atoms with Crippen molar-refractivity contribution in [1.82, 2.24) is 0 Å². The maximum Gasteiger partial charge on any atom is 0.405 e. The molecule has 0 bridgehead atoms. The van der Waals surface area contributed by atoms with E-state index in [9.17, 15) is 18.0 Å². The number of carbonyl (C=O) groups excluding carboxylic acids is 1. The Bertz CT molecular complexity index is 516. The molecule has 110 valence electrons. The fourth-order valence-corrected chi connectivity index (χ4v) is 2.26. The highest BCUT2D eigenvalue weighted by molar-refractivity contribution is 6.02. The van der Waals surface area contributed by atoms with E-state index in [0.29, 0.717) is 23.4 Å². The Morgan fingerprint density at radius 2 is 2.10 bits per heavy atom. The largest absolute Gasteiger partial charge is 0.405 e. The summed E-state index contributed by atoms with van der Waals surface area (Å²) in [6, 6.07) is 3.97. The first-order valence-electron chi connectivity index (χ1n) is 6.34. The summed E-state index contributed by atoms with van der Waals surface area (Å²) in [5, 5.41) is 2.58. The third-order valence-corrected chi connectivity index (χ3v) is 3.14. The van der Waals surface area contributed by atoms with Crippen molar-refractivity contribution in [3.63, 3.8) is 0 Å². The van der Waals surface area contributed by atoms with Crippen LogP contribution in [0.2, 0.25) is 0 Å². The number of hydrogen-bond acceptors (Lipinski definition) is 3. The Kier molecular flexibility index (Phi) is 3.89. The number of fused-ring (bicyclic) bond motifs is 1. The zero-order chi connectivity index (χ0) is 14.9. The Balaban J connectivity index is 2.27. The first kappa shape index (κ1) is 14.6. The number of nitrogens with one attached hydrogen (secondary N) is 1. The van der Waals surface area contributed by atoms with Crippen LogP contribution in [0, 0.1) is 0 Å². The molecule has 1 aromatic rings. The molecule has 2 rings (SSSR count). The lowest BCUT2D eigenvalue weighted by Crippen LogP contribution is -2.34. The van der Waals surface area contributed by atoms with Crippen molar-refractivity contribution in [2.45, 2.75) is 25.6 Å². The molecule has 1 heterocycles. The lowest BCUT2D eigenvalue weighted by Gasteiger charge is -2.26. The van der Waals surface area contributed by atoms with Gasteiger partial charge in [-0.15, -0.1) is 0 Å². The maximum atomic E-state index is 12.6. The number of amides is 1. The van der Waals surface area contributed by atoms with Crippen LogP contribution in [0.4, 0.5) is 24.5 Å². The SMILES string of the molecule is CCCN(CC(F)(F)F)c1ccc2c(c1)NC(=O)C2N. The molecule has 3 N–H and O–H groups in total. The molecule has 0 spiro atoms. The smallest absolute Gasteiger partial charge is 0.363 e. The second kappa shape index (κ2) is 5.32. The molecule has 0 fully saturated rings. The van der Waals surface area contributed by atoms with Crippen molar-refractivity contribution in [1.29, 1.82) is 0 Å². The van der Waals surface area contributed by atoms with Crippen LogP contribution >= 0.6 is 0 Å². The molecule has 1 amide bonds. The van der Waals surface area contributed by atoms with Crippen LogP contribution in [0.1, 0.15) is 24.9 Å². The van der Waals surface area contributed by atoms with E-state index in [4.69, 9.17) is 5.73 Å². The zero-order valence-electron chi connectivity index (χ0n) is 11.0. The van der Waals surface area contributed by atoms with Gasteiger partial charge in [0.05, 0.1) is 0 Å². The second-order valence-corrected chi connectivity index (χ2v) is 4.78. The number of nitrogens with two attached hydrogens (primary N) is 1. The Hall–Kier alpha value is -1.76. The van der Waals surface area contributed by atoms with Crippen molar-refractivity contribution >= 4 is 17.3 Å². The summed E-state index contributed by atoms with van der Waals surface area (Å²) in [5.74, 6) is -0.338. The standard InChI is InChI=1S/C13H16F3N3O/c1-2-5-19(7-13(14,15)16)8-3-4-9-10(6-8)18-12(20)11(9)17/h3-4,6,11H,2,5,7,17H2,1H3,(H,18,20). The van der Waals surface area contributed by atoms with E-state index in [1.54, 1.807) is 18.2 Å². The number of rotatable bonds is 4. The first-order chi connectivity index (χ1) is 9.31. The van der Waals surface area contributed by atoms with E-state index in [1.807, 2.05) is 6.92 Å². The van der Waals surface area contributed by atoms with E-state index in [-0.39, 0.29) is 12.5 Å². The molecular formula is C13H16F3N3O. The van der Waals surface area contributed by atoms with E-state index in [2.05, 4.69) is 5.32 Å². The van der Waals surface area contributed by atoms with Gasteiger partial charge < -0.3 is 16.0 Å². The number of benzene rings is 1. The third kappa shape index (κ3) is 3.04. The Morgan fingerprint density at radius 1 is 1.40 bits per heavy atom. The molecule has 1 atom stereocenters. The predicted molar refractivity (Wildman–Crippen MR) is 70.6 cm³/mol. The molecule has 7 heteroatoms. The van der Waals surface area contributed by atoms with Gasteiger partial charge in [0.25, 0.3) is 0 Å². The highest BCUT2D eigenvalue weighted by Crippen LogP contribution is 2.33. The minimum atomic E-state index is -4.27. The molecule has 4 nitrogen and oxygen atoms in total. The molecule has 0 aliphatic carbocycles. The van der Waals surface area contributed by atoms with Gasteiger partial charge in [-0.05, 0) is 18.6 Å². The molecule has 1 unspecified atom stereocenters. The molecule has 0 radical (unpaired) electrons. The van der Waals surface area contributed by atoms with E-state index in [0.717, 1.165) is 0 Å². The van der Waals surface area contributed by atoms with Gasteiger partial charge in [-0.3, -0.25) is 4.79 Å². The second-order valence-electron chi connectivity index (χ2n) is 4.78.